The van der Waals surface area contributed by atoms with Crippen LogP contribution >= 0.6 is 0 Å². The van der Waals surface area contributed by atoms with Gasteiger partial charge in [0.1, 0.15) is 30.3 Å². The van der Waals surface area contributed by atoms with Crippen molar-refractivity contribution in [3.05, 3.63) is 23.6 Å². The van der Waals surface area contributed by atoms with Crippen LogP contribution in [0.5, 0.6) is 0 Å². The Balaban J connectivity index is 2.22. The number of aromatic nitrogens is 3. The number of primary amides is 1. The first kappa shape index (κ1) is 15.4. The van der Waals surface area contributed by atoms with Gasteiger partial charge in [-0.25, -0.2) is 4.98 Å². The molecule has 124 valence electrons. The van der Waals surface area contributed by atoms with Crippen LogP contribution in [0, 0.1) is 5.41 Å². The van der Waals surface area contributed by atoms with E-state index < -0.39 is 42.5 Å². The number of hydrogen-bond acceptors (Lipinski definition) is 8. The maximum absolute atomic E-state index is 11.6. The molecule has 2 aromatic heterocycles. The van der Waals surface area contributed by atoms with E-state index in [2.05, 4.69) is 4.98 Å². The molecule has 23 heavy (non-hydrogen) atoms. The van der Waals surface area contributed by atoms with Crippen molar-refractivity contribution in [1.82, 2.24) is 14.3 Å². The van der Waals surface area contributed by atoms with Gasteiger partial charge >= 0.3 is 0 Å². The number of amides is 1. The number of aliphatic hydroxyl groups excluding tert-OH is 3. The van der Waals surface area contributed by atoms with Gasteiger partial charge < -0.3 is 35.6 Å². The Labute approximate surface area is 128 Å². The summed E-state index contributed by atoms with van der Waals surface area (Å²) in [7, 11) is 0. The SMILES string of the molecule is N=c1c2c(C(N)=O)cn([C@H]3O[C@@H](CO)[C@@H](O)[C@H]3O)c2ncn1O. The van der Waals surface area contributed by atoms with Gasteiger partial charge in [0.2, 0.25) is 0 Å². The van der Waals surface area contributed by atoms with Crippen LogP contribution in [0.15, 0.2) is 12.5 Å². The number of nitrogens with one attached hydrogen (secondary N) is 1. The van der Waals surface area contributed by atoms with Crippen molar-refractivity contribution in [2.75, 3.05) is 6.61 Å². The molecule has 0 aromatic carbocycles. The summed E-state index contributed by atoms with van der Waals surface area (Å²) in [6, 6.07) is 0. The second-order valence-electron chi connectivity index (χ2n) is 5.18. The minimum atomic E-state index is -1.39. The third-order valence-corrected chi connectivity index (χ3v) is 3.82. The van der Waals surface area contributed by atoms with E-state index in [9.17, 15) is 20.2 Å². The van der Waals surface area contributed by atoms with E-state index in [1.165, 1.54) is 10.8 Å². The van der Waals surface area contributed by atoms with Crippen LogP contribution in [0.25, 0.3) is 11.0 Å². The molecule has 7 N–H and O–H groups in total. The minimum absolute atomic E-state index is 0.0276. The number of nitrogens with two attached hydrogens (primary N) is 1. The van der Waals surface area contributed by atoms with Crippen molar-refractivity contribution in [3.63, 3.8) is 0 Å². The Kier molecular flexibility index (Phi) is 3.56. The van der Waals surface area contributed by atoms with E-state index in [0.29, 0.717) is 4.73 Å². The number of nitrogens with zero attached hydrogens (tertiary/aromatic N) is 3. The molecule has 3 rings (SSSR count). The van der Waals surface area contributed by atoms with Crippen molar-refractivity contribution in [3.8, 4) is 0 Å². The van der Waals surface area contributed by atoms with Gasteiger partial charge in [-0.05, 0) is 0 Å². The van der Waals surface area contributed by atoms with E-state index in [-0.39, 0.29) is 16.6 Å². The Morgan fingerprint density at radius 1 is 1.43 bits per heavy atom. The largest absolute Gasteiger partial charge is 0.425 e. The fourth-order valence-electron chi connectivity index (χ4n) is 2.65. The van der Waals surface area contributed by atoms with Crippen LogP contribution in [-0.4, -0.2) is 65.6 Å². The lowest BCUT2D eigenvalue weighted by Gasteiger charge is -2.17. The highest BCUT2D eigenvalue weighted by atomic mass is 16.6. The molecule has 2 aromatic rings. The molecule has 0 unspecified atom stereocenters. The molecule has 11 nitrogen and oxygen atoms in total. The molecule has 0 radical (unpaired) electrons. The number of rotatable bonds is 3. The summed E-state index contributed by atoms with van der Waals surface area (Å²) in [6.45, 7) is -0.510. The number of fused-ring (bicyclic) bond motifs is 1. The normalized spacial score (nSPS) is 27.6. The zero-order chi connectivity index (χ0) is 16.9. The van der Waals surface area contributed by atoms with E-state index in [1.807, 2.05) is 0 Å². The topological polar surface area (TPSA) is 180 Å². The van der Waals surface area contributed by atoms with E-state index >= 15 is 0 Å². The first-order valence-electron chi connectivity index (χ1n) is 6.65. The molecule has 0 saturated carbocycles. The van der Waals surface area contributed by atoms with Crippen molar-refractivity contribution in [2.24, 2.45) is 5.73 Å². The maximum atomic E-state index is 11.6. The molecular weight excluding hydrogens is 310 g/mol. The Morgan fingerprint density at radius 3 is 2.70 bits per heavy atom. The predicted molar refractivity (Wildman–Crippen MR) is 72.3 cm³/mol. The standard InChI is InChI=1S/C12H15N5O6/c13-9-6-4(10(14)21)1-16(11(6)15-3-17(9)22)12-8(20)7(19)5(2-18)23-12/h1,3,5,7-8,12-13,18-20,22H,2H2,(H2,14,21)/t5-,7+,8+,12-/m0/s1. The van der Waals surface area contributed by atoms with Crippen molar-refractivity contribution < 1.29 is 30.1 Å². The molecule has 3 heterocycles. The van der Waals surface area contributed by atoms with Gasteiger partial charge in [0.15, 0.2) is 11.7 Å². The highest BCUT2D eigenvalue weighted by Gasteiger charge is 2.44. The predicted octanol–water partition coefficient (Wildman–Crippen LogP) is -2.74. The summed E-state index contributed by atoms with van der Waals surface area (Å²) >= 11 is 0. The monoisotopic (exact) mass is 325 g/mol. The summed E-state index contributed by atoms with van der Waals surface area (Å²) in [4.78, 5) is 15.5. The van der Waals surface area contributed by atoms with Crippen LogP contribution in [0.1, 0.15) is 16.6 Å². The summed E-state index contributed by atoms with van der Waals surface area (Å²) in [6.07, 6.45) is -2.71. The van der Waals surface area contributed by atoms with Gasteiger partial charge in [0.25, 0.3) is 5.91 Å². The first-order valence-corrected chi connectivity index (χ1v) is 6.65. The second kappa shape index (κ2) is 5.31. The summed E-state index contributed by atoms with van der Waals surface area (Å²) in [5.74, 6) is -0.859. The van der Waals surface area contributed by atoms with Crippen molar-refractivity contribution in [2.45, 2.75) is 24.5 Å². The molecule has 0 spiro atoms. The molecule has 1 amide bonds. The van der Waals surface area contributed by atoms with Crippen molar-refractivity contribution in [1.29, 1.82) is 5.41 Å². The molecule has 1 fully saturated rings. The number of aliphatic hydroxyl groups is 3. The van der Waals surface area contributed by atoms with E-state index in [0.717, 1.165) is 6.33 Å². The molecule has 4 atom stereocenters. The highest BCUT2D eigenvalue weighted by Crippen LogP contribution is 2.32. The molecule has 11 heteroatoms. The van der Waals surface area contributed by atoms with Crippen molar-refractivity contribution >= 4 is 16.9 Å². The number of carbonyl (C=O) groups is 1. The lowest BCUT2D eigenvalue weighted by molar-refractivity contribution is -0.0509. The fourth-order valence-corrected chi connectivity index (χ4v) is 2.65. The molecule has 1 aliphatic heterocycles. The highest BCUT2D eigenvalue weighted by molar-refractivity contribution is 6.04. The smallest absolute Gasteiger partial charge is 0.251 e. The van der Waals surface area contributed by atoms with Gasteiger partial charge in [0, 0.05) is 6.20 Å². The zero-order valence-corrected chi connectivity index (χ0v) is 11.7. The Bertz CT molecular complexity index is 829. The Hall–Kier alpha value is -2.47. The lowest BCUT2D eigenvalue weighted by atomic mass is 10.1. The van der Waals surface area contributed by atoms with E-state index in [1.54, 1.807) is 0 Å². The average Bonchev–Trinajstić information content (AvgIpc) is 3.03. The quantitative estimate of drug-likeness (QED) is 0.331. The number of carbonyl (C=O) groups excluding carboxylic acids is 1. The van der Waals surface area contributed by atoms with Crippen LogP contribution in [-0.2, 0) is 4.74 Å². The third-order valence-electron chi connectivity index (χ3n) is 3.82. The van der Waals surface area contributed by atoms with Crippen LogP contribution in [0.3, 0.4) is 0 Å². The van der Waals surface area contributed by atoms with Crippen LogP contribution in [0.2, 0.25) is 0 Å². The van der Waals surface area contributed by atoms with Gasteiger partial charge in [0.05, 0.1) is 17.6 Å². The number of hydrogen-bond donors (Lipinski definition) is 6. The summed E-state index contributed by atoms with van der Waals surface area (Å²) in [5, 5.41) is 46.4. The van der Waals surface area contributed by atoms with Gasteiger partial charge in [-0.2, -0.15) is 4.73 Å². The third kappa shape index (κ3) is 2.17. The van der Waals surface area contributed by atoms with Crippen LogP contribution in [0.4, 0.5) is 0 Å². The molecule has 0 bridgehead atoms. The maximum Gasteiger partial charge on any atom is 0.251 e. The Morgan fingerprint density at radius 2 is 2.13 bits per heavy atom. The summed E-state index contributed by atoms with van der Waals surface area (Å²) in [5.41, 5.74) is 4.82. The molecule has 1 aliphatic rings. The fraction of sp³-hybridized carbons (Fsp3) is 0.417. The van der Waals surface area contributed by atoms with Gasteiger partial charge in [-0.3, -0.25) is 10.2 Å². The lowest BCUT2D eigenvalue weighted by Crippen LogP contribution is -2.33. The second-order valence-corrected chi connectivity index (χ2v) is 5.18. The summed E-state index contributed by atoms with van der Waals surface area (Å²) < 4.78 is 7.03. The zero-order valence-electron chi connectivity index (χ0n) is 11.7. The van der Waals surface area contributed by atoms with Gasteiger partial charge in [-0.1, -0.05) is 0 Å². The van der Waals surface area contributed by atoms with E-state index in [4.69, 9.17) is 21.0 Å². The molecule has 0 aliphatic carbocycles. The average molecular weight is 325 g/mol. The van der Waals surface area contributed by atoms with Crippen LogP contribution < -0.4 is 11.2 Å². The molecule has 1 saturated heterocycles. The minimum Gasteiger partial charge on any atom is -0.425 e. The first-order chi connectivity index (χ1) is 10.9. The van der Waals surface area contributed by atoms with Gasteiger partial charge in [-0.15, -0.1) is 0 Å². The number of ether oxygens (including phenoxy) is 1. The molecular formula is C12H15N5O6.